The molecule has 7 heteroatoms. The molecule has 122 valence electrons. The Morgan fingerprint density at radius 3 is 2.55 bits per heavy atom. The quantitative estimate of drug-likeness (QED) is 0.911. The normalized spacial score (nSPS) is 14.2. The smallest absolute Gasteiger partial charge is 0.180 e. The molecule has 4 nitrogen and oxygen atoms in total. The van der Waals surface area contributed by atoms with Gasteiger partial charge in [-0.25, -0.2) is 4.98 Å². The van der Waals surface area contributed by atoms with E-state index in [2.05, 4.69) is 22.0 Å². The van der Waals surface area contributed by atoms with E-state index in [0.29, 0.717) is 5.13 Å². The fourth-order valence-electron chi connectivity index (χ4n) is 2.58. The Hall–Kier alpha value is -1.01. The van der Waals surface area contributed by atoms with Gasteiger partial charge in [0.2, 0.25) is 0 Å². The molecule has 2 N–H and O–H groups in total. The van der Waals surface area contributed by atoms with Crippen molar-refractivity contribution in [2.45, 2.75) is 19.4 Å². The number of aromatic nitrogens is 1. The van der Waals surface area contributed by atoms with E-state index in [0.717, 1.165) is 38.2 Å². The van der Waals surface area contributed by atoms with Crippen LogP contribution in [0.25, 0.3) is 0 Å². The summed E-state index contributed by atoms with van der Waals surface area (Å²) in [6.45, 7) is 3.09. The number of hydrogen-bond donors (Lipinski definition) is 1. The number of anilines is 1. The maximum Gasteiger partial charge on any atom is 0.180 e. The number of fused-ring (bicyclic) bond motifs is 1. The van der Waals surface area contributed by atoms with Crippen LogP contribution in [0, 0.1) is 0 Å². The number of rotatable bonds is 3. The number of nitrogens with zero attached hydrogens (tertiary/aromatic N) is 2. The van der Waals surface area contributed by atoms with Crippen LogP contribution in [0.15, 0.2) is 24.3 Å². The van der Waals surface area contributed by atoms with Crippen molar-refractivity contribution in [3.8, 4) is 5.75 Å². The molecule has 0 saturated heterocycles. The SMILES string of the molecule is COc1ccc(CN2CCc3nc(N)sc3CC2)cc1.Cl.Cl. The predicted octanol–water partition coefficient (Wildman–Crippen LogP) is 3.18. The molecule has 1 aliphatic heterocycles. The Kier molecular flexibility index (Phi) is 7.42. The van der Waals surface area contributed by atoms with Gasteiger partial charge in [0, 0.05) is 30.9 Å². The van der Waals surface area contributed by atoms with E-state index in [1.807, 2.05) is 12.1 Å². The third kappa shape index (κ3) is 4.49. The van der Waals surface area contributed by atoms with Gasteiger partial charge in [0.15, 0.2) is 5.13 Å². The summed E-state index contributed by atoms with van der Waals surface area (Å²) in [7, 11) is 1.70. The zero-order chi connectivity index (χ0) is 13.9. The van der Waals surface area contributed by atoms with Crippen molar-refractivity contribution in [2.24, 2.45) is 0 Å². The lowest BCUT2D eigenvalue weighted by Crippen LogP contribution is -2.26. The van der Waals surface area contributed by atoms with E-state index >= 15 is 0 Å². The zero-order valence-electron chi connectivity index (χ0n) is 12.4. The fraction of sp³-hybridized carbons (Fsp3) is 0.400. The molecule has 0 radical (unpaired) electrons. The summed E-state index contributed by atoms with van der Waals surface area (Å²) in [6, 6.07) is 8.31. The molecule has 2 aromatic rings. The van der Waals surface area contributed by atoms with Crippen molar-refractivity contribution in [2.75, 3.05) is 25.9 Å². The topological polar surface area (TPSA) is 51.4 Å². The summed E-state index contributed by atoms with van der Waals surface area (Å²) < 4.78 is 5.19. The van der Waals surface area contributed by atoms with Crippen molar-refractivity contribution in [1.82, 2.24) is 9.88 Å². The molecule has 0 bridgehead atoms. The number of halogens is 2. The Balaban J connectivity index is 0.00000121. The Morgan fingerprint density at radius 1 is 1.18 bits per heavy atom. The Labute approximate surface area is 147 Å². The number of nitrogen functional groups attached to an aromatic ring is 1. The van der Waals surface area contributed by atoms with Crippen LogP contribution in [0.2, 0.25) is 0 Å². The Bertz CT molecular complexity index is 563. The van der Waals surface area contributed by atoms with Crippen LogP contribution in [0.4, 0.5) is 5.13 Å². The van der Waals surface area contributed by atoms with Gasteiger partial charge in [-0.2, -0.15) is 0 Å². The highest BCUT2D eigenvalue weighted by molar-refractivity contribution is 7.15. The summed E-state index contributed by atoms with van der Waals surface area (Å²) >= 11 is 1.64. The molecule has 0 atom stereocenters. The molecule has 0 spiro atoms. The van der Waals surface area contributed by atoms with E-state index in [-0.39, 0.29) is 24.8 Å². The average Bonchev–Trinajstić information content (AvgIpc) is 2.73. The molecule has 0 aliphatic carbocycles. The van der Waals surface area contributed by atoms with Crippen LogP contribution in [0.3, 0.4) is 0 Å². The largest absolute Gasteiger partial charge is 0.497 e. The fourth-order valence-corrected chi connectivity index (χ4v) is 3.44. The van der Waals surface area contributed by atoms with Crippen LogP contribution in [0.1, 0.15) is 16.1 Å². The van der Waals surface area contributed by atoms with E-state index < -0.39 is 0 Å². The number of thiazole rings is 1. The van der Waals surface area contributed by atoms with Crippen molar-refractivity contribution >= 4 is 41.3 Å². The molecular weight excluding hydrogens is 341 g/mol. The maximum atomic E-state index is 5.78. The van der Waals surface area contributed by atoms with Gasteiger partial charge in [-0.15, -0.1) is 36.2 Å². The van der Waals surface area contributed by atoms with E-state index in [1.54, 1.807) is 18.4 Å². The number of nitrogens with two attached hydrogens (primary N) is 1. The summed E-state index contributed by atoms with van der Waals surface area (Å²) in [5.74, 6) is 0.909. The van der Waals surface area contributed by atoms with Gasteiger partial charge in [0.1, 0.15) is 5.75 Å². The number of ether oxygens (including phenoxy) is 1. The minimum absolute atomic E-state index is 0. The lowest BCUT2D eigenvalue weighted by atomic mass is 10.2. The second-order valence-corrected chi connectivity index (χ2v) is 6.16. The second-order valence-electron chi connectivity index (χ2n) is 5.05. The van der Waals surface area contributed by atoms with Gasteiger partial charge < -0.3 is 10.5 Å². The highest BCUT2D eigenvalue weighted by atomic mass is 35.5. The highest BCUT2D eigenvalue weighted by Gasteiger charge is 2.17. The van der Waals surface area contributed by atoms with Crippen LogP contribution < -0.4 is 10.5 Å². The van der Waals surface area contributed by atoms with Gasteiger partial charge >= 0.3 is 0 Å². The third-order valence-corrected chi connectivity index (χ3v) is 4.67. The molecule has 22 heavy (non-hydrogen) atoms. The average molecular weight is 362 g/mol. The van der Waals surface area contributed by atoms with Crippen LogP contribution in [-0.4, -0.2) is 30.1 Å². The second kappa shape index (κ2) is 8.58. The molecule has 0 fully saturated rings. The number of benzene rings is 1. The monoisotopic (exact) mass is 361 g/mol. The summed E-state index contributed by atoms with van der Waals surface area (Å²) in [4.78, 5) is 8.27. The first-order chi connectivity index (χ1) is 9.74. The van der Waals surface area contributed by atoms with E-state index in [1.165, 1.54) is 16.1 Å². The van der Waals surface area contributed by atoms with Crippen LogP contribution in [0.5, 0.6) is 5.75 Å². The first-order valence-electron chi connectivity index (χ1n) is 6.84. The van der Waals surface area contributed by atoms with Gasteiger partial charge in [0.25, 0.3) is 0 Å². The molecule has 1 aromatic carbocycles. The molecule has 1 aliphatic rings. The molecule has 0 saturated carbocycles. The Morgan fingerprint density at radius 2 is 1.86 bits per heavy atom. The molecular formula is C15H21Cl2N3OS. The lowest BCUT2D eigenvalue weighted by Gasteiger charge is -2.19. The predicted molar refractivity (Wildman–Crippen MR) is 96.7 cm³/mol. The zero-order valence-corrected chi connectivity index (χ0v) is 14.9. The first-order valence-corrected chi connectivity index (χ1v) is 7.65. The third-order valence-electron chi connectivity index (χ3n) is 3.68. The summed E-state index contributed by atoms with van der Waals surface area (Å²) in [5.41, 5.74) is 8.30. The highest BCUT2D eigenvalue weighted by Crippen LogP contribution is 2.24. The standard InChI is InChI=1S/C15H19N3OS.2ClH/c1-19-12-4-2-11(3-5-12)10-18-8-6-13-14(7-9-18)20-15(16)17-13;;/h2-5H,6-10H2,1H3,(H2,16,17);2*1H. The van der Waals surface area contributed by atoms with Gasteiger partial charge in [-0.1, -0.05) is 12.1 Å². The molecule has 3 rings (SSSR count). The number of methoxy groups -OCH3 is 1. The maximum absolute atomic E-state index is 5.78. The lowest BCUT2D eigenvalue weighted by molar-refractivity contribution is 0.279. The molecule has 0 unspecified atom stereocenters. The summed E-state index contributed by atoms with van der Waals surface area (Å²) in [6.07, 6.45) is 2.06. The van der Waals surface area contributed by atoms with Gasteiger partial charge in [-0.05, 0) is 24.1 Å². The van der Waals surface area contributed by atoms with Crippen LogP contribution >= 0.6 is 36.2 Å². The molecule has 0 amide bonds. The minimum Gasteiger partial charge on any atom is -0.497 e. The van der Waals surface area contributed by atoms with Crippen molar-refractivity contribution in [3.05, 3.63) is 40.4 Å². The van der Waals surface area contributed by atoms with Crippen LogP contribution in [-0.2, 0) is 19.4 Å². The van der Waals surface area contributed by atoms with E-state index in [9.17, 15) is 0 Å². The van der Waals surface area contributed by atoms with Crippen molar-refractivity contribution in [3.63, 3.8) is 0 Å². The van der Waals surface area contributed by atoms with Crippen molar-refractivity contribution < 1.29 is 4.74 Å². The van der Waals surface area contributed by atoms with Crippen molar-refractivity contribution in [1.29, 1.82) is 0 Å². The molecule has 2 heterocycles. The van der Waals surface area contributed by atoms with Gasteiger partial charge in [0.05, 0.1) is 12.8 Å². The summed E-state index contributed by atoms with van der Waals surface area (Å²) in [5, 5.41) is 0.707. The minimum atomic E-state index is 0. The van der Waals surface area contributed by atoms with Gasteiger partial charge in [-0.3, -0.25) is 4.90 Å². The molecule has 1 aromatic heterocycles. The van der Waals surface area contributed by atoms with E-state index in [4.69, 9.17) is 10.5 Å². The first kappa shape index (κ1) is 19.0. The number of hydrogen-bond acceptors (Lipinski definition) is 5.